The maximum absolute atomic E-state index is 9.46. The first-order chi connectivity index (χ1) is 7.33. The number of nitrogens with zero attached hydrogens (tertiary/aromatic N) is 1. The van der Waals surface area contributed by atoms with E-state index >= 15 is 0 Å². The topological polar surface area (TPSA) is 23.5 Å². The van der Waals surface area contributed by atoms with Crippen LogP contribution in [0.5, 0.6) is 0 Å². The highest BCUT2D eigenvalue weighted by Gasteiger charge is 2.23. The molecule has 0 radical (unpaired) electrons. The first kappa shape index (κ1) is 10.9. The van der Waals surface area contributed by atoms with Crippen LogP contribution in [-0.2, 0) is 0 Å². The van der Waals surface area contributed by atoms with Crippen LogP contribution in [0.25, 0.3) is 0 Å². The Morgan fingerprint density at radius 2 is 1.93 bits per heavy atom. The molecule has 1 aromatic rings. The average Bonchev–Trinajstić information content (AvgIpc) is 2.75. The van der Waals surface area contributed by atoms with Crippen molar-refractivity contribution >= 4 is 11.6 Å². The third kappa shape index (κ3) is 2.33. The number of rotatable bonds is 3. The molecule has 1 atom stereocenters. The van der Waals surface area contributed by atoms with Crippen LogP contribution in [0, 0.1) is 0 Å². The van der Waals surface area contributed by atoms with E-state index in [1.807, 2.05) is 24.3 Å². The lowest BCUT2D eigenvalue weighted by atomic mass is 10.1. The van der Waals surface area contributed by atoms with Crippen LogP contribution in [0.3, 0.4) is 0 Å². The van der Waals surface area contributed by atoms with E-state index in [0.29, 0.717) is 0 Å². The number of aliphatic hydroxyl groups excluding tert-OH is 1. The second kappa shape index (κ2) is 4.97. The highest BCUT2D eigenvalue weighted by molar-refractivity contribution is 6.31. The van der Waals surface area contributed by atoms with Gasteiger partial charge in [-0.05, 0) is 37.6 Å². The summed E-state index contributed by atoms with van der Waals surface area (Å²) in [6, 6.07) is 7.85. The van der Waals surface area contributed by atoms with Crippen LogP contribution in [0.2, 0.25) is 5.02 Å². The number of likely N-dealkylation sites (tertiary alicyclic amines) is 1. The van der Waals surface area contributed by atoms with Gasteiger partial charge in [0, 0.05) is 5.02 Å². The molecule has 1 aliphatic rings. The van der Waals surface area contributed by atoms with Crippen LogP contribution in [-0.4, -0.2) is 29.7 Å². The summed E-state index contributed by atoms with van der Waals surface area (Å²) < 4.78 is 0. The van der Waals surface area contributed by atoms with Gasteiger partial charge in [0.25, 0.3) is 0 Å². The fourth-order valence-corrected chi connectivity index (χ4v) is 2.47. The monoisotopic (exact) mass is 225 g/mol. The molecule has 1 heterocycles. The van der Waals surface area contributed by atoms with Gasteiger partial charge in [-0.3, -0.25) is 4.90 Å². The summed E-state index contributed by atoms with van der Waals surface area (Å²) in [5.74, 6) is 0. The van der Waals surface area contributed by atoms with Crippen molar-refractivity contribution in [2.24, 2.45) is 0 Å². The Kier molecular flexibility index (Phi) is 3.62. The summed E-state index contributed by atoms with van der Waals surface area (Å²) in [6.45, 7) is 2.27. The van der Waals surface area contributed by atoms with Gasteiger partial charge in [0.05, 0.1) is 12.6 Å². The molecule has 2 rings (SSSR count). The molecule has 0 aliphatic carbocycles. The number of hydrogen-bond acceptors (Lipinski definition) is 2. The Morgan fingerprint density at radius 1 is 1.27 bits per heavy atom. The van der Waals surface area contributed by atoms with Crippen molar-refractivity contribution in [3.63, 3.8) is 0 Å². The number of hydrogen-bond donors (Lipinski definition) is 1. The summed E-state index contributed by atoms with van der Waals surface area (Å²) in [4.78, 5) is 2.31. The molecule has 82 valence electrons. The molecule has 0 saturated carbocycles. The van der Waals surface area contributed by atoms with E-state index < -0.39 is 0 Å². The minimum atomic E-state index is 0.0706. The number of halogens is 1. The SMILES string of the molecule is OC[C@H](c1ccccc1Cl)N1CCCC1. The van der Waals surface area contributed by atoms with Crippen molar-refractivity contribution < 1.29 is 5.11 Å². The van der Waals surface area contributed by atoms with Crippen LogP contribution >= 0.6 is 11.6 Å². The molecule has 1 N–H and O–H groups in total. The minimum absolute atomic E-state index is 0.0706. The highest BCUT2D eigenvalue weighted by Crippen LogP contribution is 2.29. The van der Waals surface area contributed by atoms with Crippen molar-refractivity contribution in [1.29, 1.82) is 0 Å². The van der Waals surface area contributed by atoms with Gasteiger partial charge in [0.1, 0.15) is 0 Å². The molecule has 0 bridgehead atoms. The van der Waals surface area contributed by atoms with E-state index in [2.05, 4.69) is 4.90 Å². The van der Waals surface area contributed by atoms with E-state index in [-0.39, 0.29) is 12.6 Å². The fourth-order valence-electron chi connectivity index (χ4n) is 2.21. The molecular weight excluding hydrogens is 210 g/mol. The lowest BCUT2D eigenvalue weighted by molar-refractivity contribution is 0.147. The Morgan fingerprint density at radius 3 is 2.53 bits per heavy atom. The Balaban J connectivity index is 2.22. The predicted molar refractivity (Wildman–Crippen MR) is 62.1 cm³/mol. The highest BCUT2D eigenvalue weighted by atomic mass is 35.5. The number of aliphatic hydroxyl groups is 1. The lowest BCUT2D eigenvalue weighted by Crippen LogP contribution is -2.28. The molecule has 15 heavy (non-hydrogen) atoms. The minimum Gasteiger partial charge on any atom is -0.394 e. The fraction of sp³-hybridized carbons (Fsp3) is 0.500. The molecule has 2 nitrogen and oxygen atoms in total. The zero-order valence-corrected chi connectivity index (χ0v) is 9.45. The van der Waals surface area contributed by atoms with Gasteiger partial charge >= 0.3 is 0 Å². The lowest BCUT2D eigenvalue weighted by Gasteiger charge is -2.26. The second-order valence-corrected chi connectivity index (χ2v) is 4.37. The van der Waals surface area contributed by atoms with Crippen molar-refractivity contribution in [1.82, 2.24) is 4.90 Å². The zero-order valence-electron chi connectivity index (χ0n) is 8.69. The normalized spacial score (nSPS) is 19.3. The summed E-state index contributed by atoms with van der Waals surface area (Å²) in [5, 5.41) is 10.2. The smallest absolute Gasteiger partial charge is 0.0629 e. The van der Waals surface area contributed by atoms with Crippen molar-refractivity contribution in [3.8, 4) is 0 Å². The second-order valence-electron chi connectivity index (χ2n) is 3.96. The Labute approximate surface area is 95.5 Å². The molecule has 3 heteroatoms. The third-order valence-electron chi connectivity index (χ3n) is 3.02. The quantitative estimate of drug-likeness (QED) is 0.855. The molecule has 1 aromatic carbocycles. The largest absolute Gasteiger partial charge is 0.394 e. The summed E-state index contributed by atoms with van der Waals surface area (Å²) >= 11 is 6.14. The molecule has 1 saturated heterocycles. The third-order valence-corrected chi connectivity index (χ3v) is 3.36. The molecule has 0 aromatic heterocycles. The summed E-state index contributed by atoms with van der Waals surface area (Å²) in [6.07, 6.45) is 2.45. The van der Waals surface area contributed by atoms with Crippen molar-refractivity contribution in [3.05, 3.63) is 34.9 Å². The standard InChI is InChI=1S/C12H16ClNO/c13-11-6-2-1-5-10(11)12(9-15)14-7-3-4-8-14/h1-2,5-6,12,15H,3-4,7-9H2/t12-/m1/s1. The van der Waals surface area contributed by atoms with Crippen LogP contribution in [0.4, 0.5) is 0 Å². The summed E-state index contributed by atoms with van der Waals surface area (Å²) in [7, 11) is 0. The number of benzene rings is 1. The van der Waals surface area contributed by atoms with Gasteiger partial charge in [-0.2, -0.15) is 0 Å². The molecule has 0 spiro atoms. The van der Waals surface area contributed by atoms with E-state index in [4.69, 9.17) is 11.6 Å². The van der Waals surface area contributed by atoms with Crippen LogP contribution < -0.4 is 0 Å². The summed E-state index contributed by atoms with van der Waals surface area (Å²) in [5.41, 5.74) is 1.04. The van der Waals surface area contributed by atoms with Crippen LogP contribution in [0.1, 0.15) is 24.4 Å². The zero-order chi connectivity index (χ0) is 10.7. The average molecular weight is 226 g/mol. The first-order valence-corrected chi connectivity index (χ1v) is 5.80. The maximum atomic E-state index is 9.46. The van der Waals surface area contributed by atoms with Crippen molar-refractivity contribution in [2.45, 2.75) is 18.9 Å². The molecular formula is C12H16ClNO. The van der Waals surface area contributed by atoms with E-state index in [0.717, 1.165) is 23.7 Å². The van der Waals surface area contributed by atoms with Gasteiger partial charge in [-0.1, -0.05) is 29.8 Å². The van der Waals surface area contributed by atoms with Crippen LogP contribution in [0.15, 0.2) is 24.3 Å². The van der Waals surface area contributed by atoms with E-state index in [1.54, 1.807) is 0 Å². The maximum Gasteiger partial charge on any atom is 0.0629 e. The van der Waals surface area contributed by atoms with Gasteiger partial charge in [-0.25, -0.2) is 0 Å². The first-order valence-electron chi connectivity index (χ1n) is 5.42. The van der Waals surface area contributed by atoms with Gasteiger partial charge < -0.3 is 5.11 Å². The van der Waals surface area contributed by atoms with Gasteiger partial charge in [0.15, 0.2) is 0 Å². The van der Waals surface area contributed by atoms with E-state index in [1.165, 1.54) is 12.8 Å². The van der Waals surface area contributed by atoms with Gasteiger partial charge in [-0.15, -0.1) is 0 Å². The Bertz CT molecular complexity index is 323. The molecule has 1 aliphatic heterocycles. The molecule has 0 unspecified atom stereocenters. The van der Waals surface area contributed by atoms with Crippen molar-refractivity contribution in [2.75, 3.05) is 19.7 Å². The molecule has 0 amide bonds. The Hall–Kier alpha value is -0.570. The van der Waals surface area contributed by atoms with E-state index in [9.17, 15) is 5.11 Å². The van der Waals surface area contributed by atoms with Gasteiger partial charge in [0.2, 0.25) is 0 Å². The molecule has 1 fully saturated rings. The predicted octanol–water partition coefficient (Wildman–Crippen LogP) is 2.47.